The van der Waals surface area contributed by atoms with Gasteiger partial charge in [0.15, 0.2) is 5.82 Å². The van der Waals surface area contributed by atoms with Crippen molar-refractivity contribution in [3.8, 4) is 11.5 Å². The third kappa shape index (κ3) is 2.09. The molecule has 0 spiro atoms. The molecule has 0 aliphatic heterocycles. The van der Waals surface area contributed by atoms with Gasteiger partial charge in [-0.2, -0.15) is 4.98 Å². The Hall–Kier alpha value is -1.66. The normalized spacial score (nSPS) is 10.8. The van der Waals surface area contributed by atoms with E-state index in [4.69, 9.17) is 10.3 Å². The molecule has 17 heavy (non-hydrogen) atoms. The molecule has 0 aliphatic carbocycles. The number of nitrogen functional groups attached to an aromatic ring is 1. The van der Waals surface area contributed by atoms with Crippen molar-refractivity contribution in [3.05, 3.63) is 39.7 Å². The summed E-state index contributed by atoms with van der Waals surface area (Å²) in [6, 6.07) is 5.96. The average molecular weight is 263 g/mol. The summed E-state index contributed by atoms with van der Waals surface area (Å²) in [6.45, 7) is 0. The van der Waals surface area contributed by atoms with Crippen LogP contribution in [0.4, 0.5) is 5.00 Å². The number of thiophene rings is 2. The molecule has 0 fully saturated rings. The second kappa shape index (κ2) is 4.31. The van der Waals surface area contributed by atoms with E-state index in [1.165, 1.54) is 16.2 Å². The highest BCUT2D eigenvalue weighted by Crippen LogP contribution is 2.29. The number of nitrogens with zero attached hydrogens (tertiary/aromatic N) is 2. The van der Waals surface area contributed by atoms with Gasteiger partial charge in [0.05, 0.1) is 10.6 Å². The van der Waals surface area contributed by atoms with Crippen molar-refractivity contribution in [3.63, 3.8) is 0 Å². The van der Waals surface area contributed by atoms with Crippen LogP contribution >= 0.6 is 22.7 Å². The van der Waals surface area contributed by atoms with Crippen molar-refractivity contribution in [2.24, 2.45) is 0 Å². The van der Waals surface area contributed by atoms with Crippen LogP contribution < -0.4 is 5.73 Å². The van der Waals surface area contributed by atoms with Gasteiger partial charge in [-0.1, -0.05) is 11.2 Å². The van der Waals surface area contributed by atoms with E-state index in [1.54, 1.807) is 11.3 Å². The summed E-state index contributed by atoms with van der Waals surface area (Å²) in [4.78, 5) is 5.56. The summed E-state index contributed by atoms with van der Waals surface area (Å²) in [6.07, 6.45) is 0.700. The molecule has 4 nitrogen and oxygen atoms in total. The Morgan fingerprint density at radius 1 is 1.24 bits per heavy atom. The largest absolute Gasteiger partial charge is 0.390 e. The summed E-state index contributed by atoms with van der Waals surface area (Å²) < 4.78 is 5.21. The van der Waals surface area contributed by atoms with E-state index in [1.807, 2.05) is 22.9 Å². The van der Waals surface area contributed by atoms with E-state index >= 15 is 0 Å². The highest BCUT2D eigenvalue weighted by atomic mass is 32.1. The van der Waals surface area contributed by atoms with Gasteiger partial charge in [-0.15, -0.1) is 22.7 Å². The molecule has 0 aliphatic rings. The fraction of sp³-hybridized carbons (Fsp3) is 0.0909. The standard InChI is InChI=1S/C11H9N3OS2/c12-10-8(3-5-17-10)11-13-9(14-15-11)6-7-2-1-4-16-7/h1-5H,6,12H2. The summed E-state index contributed by atoms with van der Waals surface area (Å²) in [5.74, 6) is 1.18. The molecule has 0 aromatic carbocycles. The zero-order valence-corrected chi connectivity index (χ0v) is 10.4. The Balaban J connectivity index is 1.86. The number of aromatic nitrogens is 2. The SMILES string of the molecule is Nc1sccc1-c1nc(Cc2cccs2)no1. The zero-order chi connectivity index (χ0) is 11.7. The molecular formula is C11H9N3OS2. The molecule has 0 bridgehead atoms. The summed E-state index contributed by atoms with van der Waals surface area (Å²) in [5.41, 5.74) is 6.63. The van der Waals surface area contributed by atoms with E-state index in [0.717, 1.165) is 5.56 Å². The Labute approximate surface area is 106 Å². The lowest BCUT2D eigenvalue weighted by Crippen LogP contribution is -1.88. The molecule has 0 amide bonds. The molecular weight excluding hydrogens is 254 g/mol. The van der Waals surface area contributed by atoms with E-state index < -0.39 is 0 Å². The molecule has 3 rings (SSSR count). The first-order chi connectivity index (χ1) is 8.33. The molecule has 0 saturated heterocycles. The Morgan fingerprint density at radius 3 is 2.88 bits per heavy atom. The Kier molecular flexibility index (Phi) is 2.66. The Bertz CT molecular complexity index is 612. The lowest BCUT2D eigenvalue weighted by molar-refractivity contribution is 0.424. The quantitative estimate of drug-likeness (QED) is 0.788. The van der Waals surface area contributed by atoms with Crippen molar-refractivity contribution in [1.82, 2.24) is 10.1 Å². The first-order valence-corrected chi connectivity index (χ1v) is 6.77. The van der Waals surface area contributed by atoms with E-state index in [2.05, 4.69) is 16.2 Å². The Morgan fingerprint density at radius 2 is 2.18 bits per heavy atom. The van der Waals surface area contributed by atoms with Gasteiger partial charge in [0.2, 0.25) is 0 Å². The fourth-order valence-electron chi connectivity index (χ4n) is 1.50. The minimum absolute atomic E-state index is 0.496. The zero-order valence-electron chi connectivity index (χ0n) is 8.79. The van der Waals surface area contributed by atoms with Crippen LogP contribution in [0.3, 0.4) is 0 Å². The minimum atomic E-state index is 0.496. The van der Waals surface area contributed by atoms with Crippen molar-refractivity contribution < 1.29 is 4.52 Å². The molecule has 0 unspecified atom stereocenters. The molecule has 0 saturated carbocycles. The van der Waals surface area contributed by atoms with Gasteiger partial charge in [-0.3, -0.25) is 0 Å². The van der Waals surface area contributed by atoms with Gasteiger partial charge in [-0.05, 0) is 22.9 Å². The molecule has 6 heteroatoms. The summed E-state index contributed by atoms with van der Waals surface area (Å²) in [7, 11) is 0. The maximum absolute atomic E-state index is 5.81. The highest BCUT2D eigenvalue weighted by Gasteiger charge is 2.12. The third-order valence-corrected chi connectivity index (χ3v) is 3.93. The third-order valence-electron chi connectivity index (χ3n) is 2.31. The van der Waals surface area contributed by atoms with Crippen LogP contribution in [-0.4, -0.2) is 10.1 Å². The van der Waals surface area contributed by atoms with Crippen molar-refractivity contribution in [1.29, 1.82) is 0 Å². The van der Waals surface area contributed by atoms with E-state index in [9.17, 15) is 0 Å². The number of anilines is 1. The van der Waals surface area contributed by atoms with E-state index in [0.29, 0.717) is 23.1 Å². The monoisotopic (exact) mass is 263 g/mol. The van der Waals surface area contributed by atoms with E-state index in [-0.39, 0.29) is 0 Å². The lowest BCUT2D eigenvalue weighted by atomic mass is 10.3. The number of hydrogen-bond donors (Lipinski definition) is 1. The maximum Gasteiger partial charge on any atom is 0.260 e. The predicted molar refractivity (Wildman–Crippen MR) is 69.1 cm³/mol. The van der Waals surface area contributed by atoms with Gasteiger partial charge >= 0.3 is 0 Å². The molecule has 0 atom stereocenters. The van der Waals surface area contributed by atoms with Gasteiger partial charge < -0.3 is 10.3 Å². The summed E-state index contributed by atoms with van der Waals surface area (Å²) >= 11 is 3.15. The summed E-state index contributed by atoms with van der Waals surface area (Å²) in [5, 5.41) is 8.61. The lowest BCUT2D eigenvalue weighted by Gasteiger charge is -1.89. The minimum Gasteiger partial charge on any atom is -0.390 e. The molecule has 0 radical (unpaired) electrons. The van der Waals surface area contributed by atoms with Crippen LogP contribution in [-0.2, 0) is 6.42 Å². The second-order valence-electron chi connectivity index (χ2n) is 3.47. The second-order valence-corrected chi connectivity index (χ2v) is 5.45. The van der Waals surface area contributed by atoms with Gasteiger partial charge in [0.1, 0.15) is 0 Å². The molecule has 3 aromatic heterocycles. The fourth-order valence-corrected chi connectivity index (χ4v) is 2.84. The van der Waals surface area contributed by atoms with Gasteiger partial charge in [-0.25, -0.2) is 0 Å². The molecule has 86 valence electrons. The van der Waals surface area contributed by atoms with Crippen LogP contribution in [0.2, 0.25) is 0 Å². The van der Waals surface area contributed by atoms with Crippen molar-refractivity contribution in [2.75, 3.05) is 5.73 Å². The van der Waals surface area contributed by atoms with Crippen LogP contribution in [0.1, 0.15) is 10.7 Å². The predicted octanol–water partition coefficient (Wildman–Crippen LogP) is 3.03. The highest BCUT2D eigenvalue weighted by molar-refractivity contribution is 7.14. The van der Waals surface area contributed by atoms with Crippen LogP contribution in [0.5, 0.6) is 0 Å². The van der Waals surface area contributed by atoms with Crippen LogP contribution in [0.15, 0.2) is 33.5 Å². The number of nitrogens with two attached hydrogens (primary N) is 1. The van der Waals surface area contributed by atoms with Crippen LogP contribution in [0, 0.1) is 0 Å². The smallest absolute Gasteiger partial charge is 0.260 e. The molecule has 3 aromatic rings. The van der Waals surface area contributed by atoms with Gasteiger partial charge in [0, 0.05) is 11.3 Å². The first kappa shape index (κ1) is 10.5. The molecule has 2 N–H and O–H groups in total. The topological polar surface area (TPSA) is 64.9 Å². The van der Waals surface area contributed by atoms with Crippen LogP contribution in [0.25, 0.3) is 11.5 Å². The first-order valence-electron chi connectivity index (χ1n) is 5.01. The number of hydrogen-bond acceptors (Lipinski definition) is 6. The number of rotatable bonds is 3. The van der Waals surface area contributed by atoms with Crippen molar-refractivity contribution >= 4 is 27.7 Å². The average Bonchev–Trinajstić information content (AvgIpc) is 3.00. The van der Waals surface area contributed by atoms with Gasteiger partial charge in [0.25, 0.3) is 5.89 Å². The maximum atomic E-state index is 5.81. The molecule has 3 heterocycles. The van der Waals surface area contributed by atoms with Crippen molar-refractivity contribution in [2.45, 2.75) is 6.42 Å².